The number of carbonyl (C=O) groups excluding carboxylic acids is 2. The van der Waals surface area contributed by atoms with E-state index in [1.165, 1.54) is 25.1 Å². The minimum Gasteiger partial charge on any atom is -0.349 e. The molecule has 0 heterocycles. The zero-order chi connectivity index (χ0) is 17.8. The van der Waals surface area contributed by atoms with Crippen LogP contribution < -0.4 is 10.6 Å². The van der Waals surface area contributed by atoms with Gasteiger partial charge < -0.3 is 10.6 Å². The van der Waals surface area contributed by atoms with Gasteiger partial charge in [0.05, 0.1) is 5.56 Å². The van der Waals surface area contributed by atoms with Gasteiger partial charge in [0.2, 0.25) is 5.91 Å². The highest BCUT2D eigenvalue weighted by Gasteiger charge is 2.32. The van der Waals surface area contributed by atoms with Crippen LogP contribution in [0, 0.1) is 11.7 Å². The summed E-state index contributed by atoms with van der Waals surface area (Å²) in [6, 6.07) is 13.9. The lowest BCUT2D eigenvalue weighted by atomic mass is 10.0. The largest absolute Gasteiger partial charge is 0.349 e. The molecule has 25 heavy (non-hydrogen) atoms. The van der Waals surface area contributed by atoms with Crippen molar-refractivity contribution >= 4 is 17.5 Å². The Balaban J connectivity index is 1.74. The molecule has 5 heteroatoms. The molecule has 4 nitrogen and oxygen atoms in total. The number of hydrogen-bond donors (Lipinski definition) is 2. The van der Waals surface area contributed by atoms with Gasteiger partial charge in [0.15, 0.2) is 0 Å². The number of amides is 2. The van der Waals surface area contributed by atoms with Crippen LogP contribution in [0.1, 0.15) is 35.7 Å². The van der Waals surface area contributed by atoms with Crippen LogP contribution in [0.4, 0.5) is 10.1 Å². The van der Waals surface area contributed by atoms with E-state index in [1.54, 1.807) is 0 Å². The minimum absolute atomic E-state index is 0.0151. The molecule has 0 saturated heterocycles. The van der Waals surface area contributed by atoms with Crippen LogP contribution in [-0.4, -0.2) is 17.9 Å². The van der Waals surface area contributed by atoms with Crippen LogP contribution in [0.3, 0.4) is 0 Å². The molecule has 0 aromatic heterocycles. The molecule has 0 spiro atoms. The fourth-order valence-electron chi connectivity index (χ4n) is 2.93. The molecule has 2 aromatic carbocycles. The maximum atomic E-state index is 14.1. The summed E-state index contributed by atoms with van der Waals surface area (Å²) in [6.07, 6.45) is 2.88. The van der Waals surface area contributed by atoms with Crippen molar-refractivity contribution in [1.29, 1.82) is 0 Å². The minimum atomic E-state index is -0.596. The van der Waals surface area contributed by atoms with E-state index >= 15 is 0 Å². The summed E-state index contributed by atoms with van der Waals surface area (Å²) in [5.41, 5.74) is 1.50. The molecule has 130 valence electrons. The highest BCUT2D eigenvalue weighted by molar-refractivity contribution is 5.97. The molecule has 1 aliphatic rings. The number of nitrogens with one attached hydrogen (secondary N) is 2. The van der Waals surface area contributed by atoms with Gasteiger partial charge in [-0.15, -0.1) is 0 Å². The first-order valence-corrected chi connectivity index (χ1v) is 8.45. The summed E-state index contributed by atoms with van der Waals surface area (Å²) in [5.74, 6) is -0.873. The van der Waals surface area contributed by atoms with Crippen LogP contribution >= 0.6 is 0 Å². The van der Waals surface area contributed by atoms with E-state index in [0.717, 1.165) is 24.8 Å². The van der Waals surface area contributed by atoms with Gasteiger partial charge in [0.25, 0.3) is 5.91 Å². The Labute approximate surface area is 146 Å². The number of benzene rings is 2. The molecule has 1 saturated carbocycles. The molecular weight excluding hydrogens is 319 g/mol. The van der Waals surface area contributed by atoms with Gasteiger partial charge >= 0.3 is 0 Å². The third-order valence-corrected chi connectivity index (χ3v) is 4.34. The second kappa shape index (κ2) is 7.47. The van der Waals surface area contributed by atoms with E-state index in [-0.39, 0.29) is 17.5 Å². The van der Waals surface area contributed by atoms with Gasteiger partial charge in [-0.1, -0.05) is 30.3 Å². The highest BCUT2D eigenvalue weighted by Crippen LogP contribution is 2.34. The van der Waals surface area contributed by atoms with Crippen LogP contribution in [-0.2, 0) is 11.2 Å². The van der Waals surface area contributed by atoms with Gasteiger partial charge in [0, 0.05) is 18.7 Å². The second-order valence-corrected chi connectivity index (χ2v) is 6.48. The molecule has 1 unspecified atom stereocenters. The van der Waals surface area contributed by atoms with Crippen LogP contribution in [0.2, 0.25) is 0 Å². The van der Waals surface area contributed by atoms with Crippen molar-refractivity contribution in [3.63, 3.8) is 0 Å². The Bertz CT molecular complexity index is 773. The van der Waals surface area contributed by atoms with Crippen LogP contribution in [0.15, 0.2) is 48.5 Å². The lowest BCUT2D eigenvalue weighted by Crippen LogP contribution is -2.38. The fraction of sp³-hybridized carbons (Fsp3) is 0.300. The Kier molecular flexibility index (Phi) is 5.12. The lowest BCUT2D eigenvalue weighted by molar-refractivity contribution is -0.114. The van der Waals surface area contributed by atoms with E-state index in [0.29, 0.717) is 11.6 Å². The molecule has 1 aliphatic carbocycles. The normalized spacial score (nSPS) is 14.6. The lowest BCUT2D eigenvalue weighted by Gasteiger charge is -2.19. The number of carbonyl (C=O) groups is 2. The van der Waals surface area contributed by atoms with Crippen molar-refractivity contribution in [1.82, 2.24) is 5.32 Å². The van der Waals surface area contributed by atoms with Gasteiger partial charge in [-0.25, -0.2) is 4.39 Å². The van der Waals surface area contributed by atoms with E-state index in [2.05, 4.69) is 10.6 Å². The topological polar surface area (TPSA) is 58.2 Å². The summed E-state index contributed by atoms with van der Waals surface area (Å²) >= 11 is 0. The fourth-order valence-corrected chi connectivity index (χ4v) is 2.93. The first kappa shape index (κ1) is 17.1. The van der Waals surface area contributed by atoms with Gasteiger partial charge in [-0.05, 0) is 48.9 Å². The first-order chi connectivity index (χ1) is 12.0. The maximum absolute atomic E-state index is 14.1. The third-order valence-electron chi connectivity index (χ3n) is 4.34. The second-order valence-electron chi connectivity index (χ2n) is 6.48. The van der Waals surface area contributed by atoms with Crippen molar-refractivity contribution in [3.05, 3.63) is 65.5 Å². The van der Waals surface area contributed by atoms with Crippen molar-refractivity contribution < 1.29 is 14.0 Å². The molecular formula is C20H21FN2O2. The van der Waals surface area contributed by atoms with E-state index in [1.807, 2.05) is 30.3 Å². The maximum Gasteiger partial charge on any atom is 0.254 e. The zero-order valence-corrected chi connectivity index (χ0v) is 14.1. The molecule has 1 atom stereocenters. The number of rotatable bonds is 6. The van der Waals surface area contributed by atoms with Crippen LogP contribution in [0.5, 0.6) is 0 Å². The summed E-state index contributed by atoms with van der Waals surface area (Å²) in [4.78, 5) is 23.7. The summed E-state index contributed by atoms with van der Waals surface area (Å²) < 4.78 is 14.1. The Morgan fingerprint density at radius 2 is 1.88 bits per heavy atom. The monoisotopic (exact) mass is 340 g/mol. The van der Waals surface area contributed by atoms with Crippen molar-refractivity contribution in [2.45, 2.75) is 32.2 Å². The Morgan fingerprint density at radius 3 is 2.52 bits per heavy atom. The SMILES string of the molecule is CC(=O)Nc1ccc(F)c(C(=O)NC(Cc2ccccc2)C2CC2)c1. The van der Waals surface area contributed by atoms with E-state index < -0.39 is 11.7 Å². The van der Waals surface area contributed by atoms with Gasteiger partial charge in [0.1, 0.15) is 5.82 Å². The third kappa shape index (κ3) is 4.66. The Morgan fingerprint density at radius 1 is 1.16 bits per heavy atom. The molecule has 1 fully saturated rings. The van der Waals surface area contributed by atoms with Gasteiger partial charge in [-0.3, -0.25) is 9.59 Å². The van der Waals surface area contributed by atoms with Crippen LogP contribution in [0.25, 0.3) is 0 Å². The number of hydrogen-bond acceptors (Lipinski definition) is 2. The average Bonchev–Trinajstić information content (AvgIpc) is 3.41. The summed E-state index contributed by atoms with van der Waals surface area (Å²) in [5, 5.41) is 5.54. The molecule has 2 N–H and O–H groups in total. The molecule has 2 amide bonds. The van der Waals surface area contributed by atoms with E-state index in [4.69, 9.17) is 0 Å². The summed E-state index contributed by atoms with van der Waals surface area (Å²) in [6.45, 7) is 1.37. The predicted molar refractivity (Wildman–Crippen MR) is 94.8 cm³/mol. The smallest absolute Gasteiger partial charge is 0.254 e. The molecule has 0 radical (unpaired) electrons. The highest BCUT2D eigenvalue weighted by atomic mass is 19.1. The van der Waals surface area contributed by atoms with Crippen molar-refractivity contribution in [3.8, 4) is 0 Å². The Hall–Kier alpha value is -2.69. The average molecular weight is 340 g/mol. The van der Waals surface area contributed by atoms with Gasteiger partial charge in [-0.2, -0.15) is 0 Å². The quantitative estimate of drug-likeness (QED) is 0.845. The molecule has 0 bridgehead atoms. The van der Waals surface area contributed by atoms with Crippen molar-refractivity contribution in [2.75, 3.05) is 5.32 Å². The zero-order valence-electron chi connectivity index (χ0n) is 14.1. The molecule has 0 aliphatic heterocycles. The first-order valence-electron chi connectivity index (χ1n) is 8.45. The molecule has 2 aromatic rings. The number of halogens is 1. The van der Waals surface area contributed by atoms with E-state index in [9.17, 15) is 14.0 Å². The standard InChI is InChI=1S/C20H21FN2O2/c1-13(24)22-16-9-10-18(21)17(12-16)20(25)23-19(15-7-8-15)11-14-5-3-2-4-6-14/h2-6,9-10,12,15,19H,7-8,11H2,1H3,(H,22,24)(H,23,25). The summed E-state index contributed by atoms with van der Waals surface area (Å²) in [7, 11) is 0. The predicted octanol–water partition coefficient (Wildman–Crippen LogP) is 3.54. The van der Waals surface area contributed by atoms with Crippen molar-refractivity contribution in [2.24, 2.45) is 5.92 Å². The molecule has 3 rings (SSSR count). The number of anilines is 1.